The molecule has 0 saturated heterocycles. The summed E-state index contributed by atoms with van der Waals surface area (Å²) < 4.78 is 11.2. The Labute approximate surface area is 154 Å². The third kappa shape index (κ3) is 4.46. The van der Waals surface area contributed by atoms with Gasteiger partial charge in [0.05, 0.1) is 12.0 Å². The Balaban J connectivity index is 1.76. The van der Waals surface area contributed by atoms with E-state index in [2.05, 4.69) is 20.2 Å². The first kappa shape index (κ1) is 18.1. The molecule has 0 saturated carbocycles. The van der Waals surface area contributed by atoms with Gasteiger partial charge in [-0.1, -0.05) is 0 Å². The maximum atomic E-state index is 10.9. The first-order valence-electron chi connectivity index (χ1n) is 8.01. The van der Waals surface area contributed by atoms with Crippen LogP contribution >= 0.6 is 0 Å². The van der Waals surface area contributed by atoms with Gasteiger partial charge in [-0.05, 0) is 42.8 Å². The van der Waals surface area contributed by atoms with Crippen molar-refractivity contribution in [1.29, 1.82) is 0 Å². The van der Waals surface area contributed by atoms with Gasteiger partial charge in [0, 0.05) is 23.4 Å². The first-order valence-corrected chi connectivity index (χ1v) is 8.01. The van der Waals surface area contributed by atoms with Crippen LogP contribution < -0.4 is 9.47 Å². The summed E-state index contributed by atoms with van der Waals surface area (Å²) in [5.74, 6) is 1.62. The summed E-state index contributed by atoms with van der Waals surface area (Å²) in [4.78, 5) is 18.6. The number of nitrogens with one attached hydrogen (secondary N) is 1. The summed E-state index contributed by atoms with van der Waals surface area (Å²) >= 11 is 0. The molecule has 27 heavy (non-hydrogen) atoms. The van der Waals surface area contributed by atoms with Gasteiger partial charge in [0.2, 0.25) is 5.95 Å². The molecule has 1 aromatic heterocycles. The summed E-state index contributed by atoms with van der Waals surface area (Å²) in [7, 11) is 1.58. The molecule has 0 radical (unpaired) electrons. The van der Waals surface area contributed by atoms with E-state index in [1.807, 2.05) is 18.2 Å². The van der Waals surface area contributed by atoms with Gasteiger partial charge in [-0.2, -0.15) is 10.1 Å². The normalized spacial score (nSPS) is 10.9. The van der Waals surface area contributed by atoms with Crippen molar-refractivity contribution in [3.8, 4) is 11.5 Å². The molecule has 2 aromatic carbocycles. The van der Waals surface area contributed by atoms with Gasteiger partial charge >= 0.3 is 0 Å². The van der Waals surface area contributed by atoms with E-state index in [1.54, 1.807) is 32.4 Å². The van der Waals surface area contributed by atoms with Crippen molar-refractivity contribution < 1.29 is 14.4 Å². The maximum Gasteiger partial charge on any atom is 0.272 e. The molecule has 0 aliphatic rings. The number of rotatable bonds is 7. The summed E-state index contributed by atoms with van der Waals surface area (Å²) in [5.41, 5.74) is 2.25. The van der Waals surface area contributed by atoms with Crippen LogP contribution in [0.15, 0.2) is 47.7 Å². The number of hydrogen-bond donors (Lipinski definition) is 1. The number of methoxy groups -OCH3 is 1. The van der Waals surface area contributed by atoms with E-state index in [0.717, 1.165) is 11.1 Å². The Kier molecular flexibility index (Phi) is 5.41. The van der Waals surface area contributed by atoms with Crippen LogP contribution in [-0.4, -0.2) is 33.4 Å². The molecule has 3 aromatic rings. The predicted molar refractivity (Wildman–Crippen MR) is 98.8 cm³/mol. The minimum atomic E-state index is -0.417. The number of benzene rings is 2. The average molecular weight is 367 g/mol. The Hall–Kier alpha value is -3.75. The monoisotopic (exact) mass is 367 g/mol. The second-order valence-electron chi connectivity index (χ2n) is 5.63. The Morgan fingerprint density at radius 3 is 2.81 bits per heavy atom. The quantitative estimate of drug-likeness (QED) is 0.389. The molecule has 0 bridgehead atoms. The van der Waals surface area contributed by atoms with Crippen molar-refractivity contribution in [3.05, 3.63) is 69.5 Å². The van der Waals surface area contributed by atoms with E-state index < -0.39 is 4.92 Å². The Morgan fingerprint density at radius 1 is 1.30 bits per heavy atom. The number of aromatic amines is 1. The molecule has 9 nitrogen and oxygen atoms in total. The smallest absolute Gasteiger partial charge is 0.272 e. The summed E-state index contributed by atoms with van der Waals surface area (Å²) in [6.07, 6.45) is 3.03. The van der Waals surface area contributed by atoms with Crippen molar-refractivity contribution in [2.45, 2.75) is 13.5 Å². The molecular weight excluding hydrogens is 350 g/mol. The molecule has 1 heterocycles. The van der Waals surface area contributed by atoms with Crippen LogP contribution in [0.3, 0.4) is 0 Å². The molecule has 3 rings (SSSR count). The zero-order chi connectivity index (χ0) is 19.2. The van der Waals surface area contributed by atoms with Crippen molar-refractivity contribution in [2.24, 2.45) is 4.99 Å². The fraction of sp³-hybridized carbons (Fsp3) is 0.167. The van der Waals surface area contributed by atoms with Gasteiger partial charge in [-0.3, -0.25) is 10.1 Å². The molecule has 9 heteroatoms. The molecule has 0 spiro atoms. The van der Waals surface area contributed by atoms with Gasteiger partial charge in [0.1, 0.15) is 24.4 Å². The fourth-order valence-electron chi connectivity index (χ4n) is 2.47. The maximum absolute atomic E-state index is 10.9. The number of aliphatic imine (C=N–C) groups is 1. The Morgan fingerprint density at radius 2 is 2.15 bits per heavy atom. The third-order valence-corrected chi connectivity index (χ3v) is 3.80. The standard InChI is InChI=1S/C18H17N5O4/c1-12-7-15(4-5-16(12)23(24)25)27-10-14-8-13(3-6-17(14)26-2)9-19-18-20-11-21-22-18/h3-9,11H,10H2,1-2H3,(H,20,21,22). The van der Waals surface area contributed by atoms with Gasteiger partial charge in [0.25, 0.3) is 5.69 Å². The lowest BCUT2D eigenvalue weighted by Gasteiger charge is -2.11. The van der Waals surface area contributed by atoms with E-state index in [4.69, 9.17) is 9.47 Å². The number of nitrogens with zero attached hydrogens (tertiary/aromatic N) is 4. The number of H-pyrrole nitrogens is 1. The highest BCUT2D eigenvalue weighted by Gasteiger charge is 2.11. The number of aromatic nitrogens is 3. The van der Waals surface area contributed by atoms with E-state index in [1.165, 1.54) is 12.4 Å². The van der Waals surface area contributed by atoms with Crippen molar-refractivity contribution in [2.75, 3.05) is 7.11 Å². The lowest BCUT2D eigenvalue weighted by atomic mass is 10.1. The van der Waals surface area contributed by atoms with Gasteiger partial charge < -0.3 is 9.47 Å². The highest BCUT2D eigenvalue weighted by atomic mass is 16.6. The number of ether oxygens (including phenoxy) is 2. The molecule has 0 atom stereocenters. The van der Waals surface area contributed by atoms with E-state index in [0.29, 0.717) is 23.0 Å². The van der Waals surface area contributed by atoms with Crippen LogP contribution in [0.4, 0.5) is 11.6 Å². The van der Waals surface area contributed by atoms with Gasteiger partial charge in [-0.25, -0.2) is 10.1 Å². The molecule has 0 amide bonds. The first-order chi connectivity index (χ1) is 13.1. The predicted octanol–water partition coefficient (Wildman–Crippen LogP) is 3.36. The summed E-state index contributed by atoms with van der Waals surface area (Å²) in [6.45, 7) is 1.91. The average Bonchev–Trinajstić information content (AvgIpc) is 3.18. The van der Waals surface area contributed by atoms with Crippen molar-refractivity contribution in [1.82, 2.24) is 15.2 Å². The number of hydrogen-bond acceptors (Lipinski definition) is 7. The zero-order valence-corrected chi connectivity index (χ0v) is 14.7. The summed E-state index contributed by atoms with van der Waals surface area (Å²) in [5, 5.41) is 17.3. The number of nitro groups is 1. The molecule has 0 unspecified atom stereocenters. The topological polar surface area (TPSA) is 116 Å². The number of nitro benzene ring substituents is 1. The van der Waals surface area contributed by atoms with Crippen molar-refractivity contribution in [3.63, 3.8) is 0 Å². The second-order valence-corrected chi connectivity index (χ2v) is 5.63. The van der Waals surface area contributed by atoms with Crippen molar-refractivity contribution >= 4 is 17.9 Å². The van der Waals surface area contributed by atoms with E-state index in [9.17, 15) is 10.1 Å². The van der Waals surface area contributed by atoms with Crippen LogP contribution in [-0.2, 0) is 6.61 Å². The van der Waals surface area contributed by atoms with Crippen LogP contribution in [0.25, 0.3) is 0 Å². The largest absolute Gasteiger partial charge is 0.496 e. The van der Waals surface area contributed by atoms with Crippen LogP contribution in [0.1, 0.15) is 16.7 Å². The van der Waals surface area contributed by atoms with Gasteiger partial charge in [0.15, 0.2) is 0 Å². The summed E-state index contributed by atoms with van der Waals surface area (Å²) in [6, 6.07) is 10.2. The fourth-order valence-corrected chi connectivity index (χ4v) is 2.47. The SMILES string of the molecule is COc1ccc(C=Nc2ncn[nH]2)cc1COc1ccc([N+](=O)[O-])c(C)c1. The third-order valence-electron chi connectivity index (χ3n) is 3.80. The molecule has 1 N–H and O–H groups in total. The van der Waals surface area contributed by atoms with Crippen LogP contribution in [0.5, 0.6) is 11.5 Å². The minimum Gasteiger partial charge on any atom is -0.496 e. The van der Waals surface area contributed by atoms with Crippen LogP contribution in [0.2, 0.25) is 0 Å². The highest BCUT2D eigenvalue weighted by molar-refractivity contribution is 5.81. The molecule has 0 aliphatic carbocycles. The van der Waals surface area contributed by atoms with Gasteiger partial charge in [-0.15, -0.1) is 0 Å². The van der Waals surface area contributed by atoms with E-state index in [-0.39, 0.29) is 12.3 Å². The lowest BCUT2D eigenvalue weighted by Crippen LogP contribution is -2.01. The molecule has 0 fully saturated rings. The molecule has 138 valence electrons. The van der Waals surface area contributed by atoms with E-state index >= 15 is 0 Å². The highest BCUT2D eigenvalue weighted by Crippen LogP contribution is 2.26. The van der Waals surface area contributed by atoms with Crippen LogP contribution in [0, 0.1) is 17.0 Å². The Bertz CT molecular complexity index is 970. The minimum absolute atomic E-state index is 0.0607. The zero-order valence-electron chi connectivity index (χ0n) is 14.7. The lowest BCUT2D eigenvalue weighted by molar-refractivity contribution is -0.385. The molecule has 0 aliphatic heterocycles. The molecular formula is C18H17N5O4. The number of aryl methyl sites for hydroxylation is 1. The second kappa shape index (κ2) is 8.09.